The van der Waals surface area contributed by atoms with E-state index in [2.05, 4.69) is 9.88 Å². The Morgan fingerprint density at radius 3 is 2.76 bits per heavy atom. The van der Waals surface area contributed by atoms with Gasteiger partial charge in [-0.25, -0.2) is 9.78 Å². The molecule has 1 aromatic heterocycles. The first-order valence-corrected chi connectivity index (χ1v) is 7.58. The minimum absolute atomic E-state index is 0.0285. The third kappa shape index (κ3) is 2.29. The van der Waals surface area contributed by atoms with Crippen LogP contribution in [0.4, 0.5) is 0 Å². The van der Waals surface area contributed by atoms with Gasteiger partial charge in [-0.2, -0.15) is 0 Å². The summed E-state index contributed by atoms with van der Waals surface area (Å²) in [4.78, 5) is 19.1. The molecule has 108 valence electrons. The summed E-state index contributed by atoms with van der Waals surface area (Å²) in [6.07, 6.45) is 3.98. The van der Waals surface area contributed by atoms with Crippen LogP contribution in [0.3, 0.4) is 0 Å². The van der Waals surface area contributed by atoms with E-state index in [1.54, 1.807) is 6.20 Å². The smallest absolute Gasteiger partial charge is 0.357 e. The summed E-state index contributed by atoms with van der Waals surface area (Å²) in [5.41, 5.74) is 0.435. The maximum absolute atomic E-state index is 12.5. The Bertz CT molecular complexity index is 672. The van der Waals surface area contributed by atoms with Crippen LogP contribution in [-0.2, 0) is 4.74 Å². The Hall–Kier alpha value is -1.94. The number of fused-ring (bicyclic) bond motifs is 4. The molecule has 21 heavy (non-hydrogen) atoms. The maximum atomic E-state index is 12.5. The van der Waals surface area contributed by atoms with Crippen molar-refractivity contribution in [2.45, 2.75) is 18.9 Å². The highest BCUT2D eigenvalue weighted by molar-refractivity contribution is 6.02. The Balaban J connectivity index is 1.59. The molecule has 0 N–H and O–H groups in total. The van der Waals surface area contributed by atoms with Crippen molar-refractivity contribution in [3.63, 3.8) is 0 Å². The normalized spacial score (nSPS) is 27.7. The molecule has 0 saturated carbocycles. The predicted molar refractivity (Wildman–Crippen MR) is 80.1 cm³/mol. The van der Waals surface area contributed by atoms with Crippen molar-refractivity contribution < 1.29 is 9.53 Å². The van der Waals surface area contributed by atoms with E-state index in [0.717, 1.165) is 43.2 Å². The van der Waals surface area contributed by atoms with Crippen molar-refractivity contribution >= 4 is 16.7 Å². The molecule has 3 aliphatic heterocycles. The molecule has 4 heteroatoms. The molecule has 3 fully saturated rings. The maximum Gasteiger partial charge on any atom is 0.357 e. The number of benzene rings is 1. The molecule has 3 saturated heterocycles. The second-order valence-corrected chi connectivity index (χ2v) is 5.96. The van der Waals surface area contributed by atoms with E-state index in [1.807, 2.05) is 30.3 Å². The van der Waals surface area contributed by atoms with Gasteiger partial charge in [-0.1, -0.05) is 24.3 Å². The number of carbonyl (C=O) groups excluding carboxylic acids is 1. The SMILES string of the molecule is O=C(OC1CN2CCC1CC2)c1nccc2ccccc12. The molecule has 0 amide bonds. The first-order valence-electron chi connectivity index (χ1n) is 7.58. The zero-order valence-corrected chi connectivity index (χ0v) is 11.9. The third-order valence-electron chi connectivity index (χ3n) is 4.72. The summed E-state index contributed by atoms with van der Waals surface area (Å²) in [7, 11) is 0. The van der Waals surface area contributed by atoms with Crippen LogP contribution < -0.4 is 0 Å². The lowest BCUT2D eigenvalue weighted by atomic mass is 9.86. The molecule has 5 rings (SSSR count). The van der Waals surface area contributed by atoms with Crippen LogP contribution in [0, 0.1) is 5.92 Å². The van der Waals surface area contributed by atoms with Gasteiger partial charge in [0, 0.05) is 18.1 Å². The number of ether oxygens (including phenoxy) is 1. The first kappa shape index (κ1) is 12.8. The van der Waals surface area contributed by atoms with Gasteiger partial charge in [-0.05, 0) is 43.3 Å². The van der Waals surface area contributed by atoms with Crippen LogP contribution in [0.15, 0.2) is 36.5 Å². The highest BCUT2D eigenvalue weighted by Crippen LogP contribution is 2.30. The molecule has 4 nitrogen and oxygen atoms in total. The van der Waals surface area contributed by atoms with Crippen LogP contribution in [0.5, 0.6) is 0 Å². The van der Waals surface area contributed by atoms with E-state index in [1.165, 1.54) is 0 Å². The highest BCUT2D eigenvalue weighted by Gasteiger charge is 2.36. The van der Waals surface area contributed by atoms with Crippen molar-refractivity contribution in [1.82, 2.24) is 9.88 Å². The quantitative estimate of drug-likeness (QED) is 0.794. The Labute approximate surface area is 123 Å². The van der Waals surface area contributed by atoms with Gasteiger partial charge in [0.1, 0.15) is 6.10 Å². The lowest BCUT2D eigenvalue weighted by Gasteiger charge is -2.43. The van der Waals surface area contributed by atoms with E-state index >= 15 is 0 Å². The van der Waals surface area contributed by atoms with E-state index < -0.39 is 0 Å². The molecule has 0 radical (unpaired) electrons. The lowest BCUT2D eigenvalue weighted by molar-refractivity contribution is -0.0457. The number of esters is 1. The number of pyridine rings is 1. The second kappa shape index (κ2) is 5.11. The summed E-state index contributed by atoms with van der Waals surface area (Å²) >= 11 is 0. The fraction of sp³-hybridized carbons (Fsp3) is 0.412. The van der Waals surface area contributed by atoms with Crippen LogP contribution in [0.1, 0.15) is 23.3 Å². The molecule has 1 unspecified atom stereocenters. The highest BCUT2D eigenvalue weighted by atomic mass is 16.5. The van der Waals surface area contributed by atoms with Gasteiger partial charge < -0.3 is 4.74 Å². The number of rotatable bonds is 2. The topological polar surface area (TPSA) is 42.4 Å². The number of hydrogen-bond donors (Lipinski definition) is 0. The van der Waals surface area contributed by atoms with Crippen molar-refractivity contribution in [1.29, 1.82) is 0 Å². The van der Waals surface area contributed by atoms with Crippen LogP contribution in [0.25, 0.3) is 10.8 Å². The van der Waals surface area contributed by atoms with Gasteiger partial charge in [0.15, 0.2) is 5.69 Å². The average Bonchev–Trinajstić information content (AvgIpc) is 2.55. The molecule has 4 heterocycles. The summed E-state index contributed by atoms with van der Waals surface area (Å²) in [5, 5.41) is 1.89. The lowest BCUT2D eigenvalue weighted by Crippen LogP contribution is -2.51. The standard InChI is InChI=1S/C17H18N2O2/c20-17(21-15-11-19-9-6-13(15)7-10-19)16-14-4-2-1-3-12(14)5-8-18-16/h1-5,8,13,15H,6-7,9-11H2. The van der Waals surface area contributed by atoms with Gasteiger partial charge in [-0.3, -0.25) is 4.90 Å². The second-order valence-electron chi connectivity index (χ2n) is 5.96. The van der Waals surface area contributed by atoms with Gasteiger partial charge in [0.25, 0.3) is 0 Å². The van der Waals surface area contributed by atoms with Crippen molar-refractivity contribution in [2.75, 3.05) is 19.6 Å². The summed E-state index contributed by atoms with van der Waals surface area (Å²) in [6, 6.07) is 9.72. The Morgan fingerprint density at radius 1 is 1.19 bits per heavy atom. The number of aromatic nitrogens is 1. The third-order valence-corrected chi connectivity index (χ3v) is 4.72. The number of nitrogens with zero attached hydrogens (tertiary/aromatic N) is 2. The summed E-state index contributed by atoms with van der Waals surface area (Å²) in [5.74, 6) is 0.236. The zero-order valence-electron chi connectivity index (χ0n) is 11.9. The molecule has 1 aromatic carbocycles. The average molecular weight is 282 g/mol. The van der Waals surface area contributed by atoms with Crippen LogP contribution >= 0.6 is 0 Å². The fourth-order valence-electron chi connectivity index (χ4n) is 3.52. The largest absolute Gasteiger partial charge is 0.456 e. The van der Waals surface area contributed by atoms with E-state index in [0.29, 0.717) is 11.6 Å². The van der Waals surface area contributed by atoms with Crippen molar-refractivity contribution in [2.24, 2.45) is 5.92 Å². The van der Waals surface area contributed by atoms with Gasteiger partial charge in [-0.15, -0.1) is 0 Å². The van der Waals surface area contributed by atoms with Crippen LogP contribution in [-0.4, -0.2) is 41.6 Å². The Morgan fingerprint density at radius 2 is 2.00 bits per heavy atom. The van der Waals surface area contributed by atoms with E-state index in [-0.39, 0.29) is 12.1 Å². The molecule has 1 atom stereocenters. The Kier molecular flexibility index (Phi) is 3.11. The minimum Gasteiger partial charge on any atom is -0.456 e. The molecule has 3 aliphatic rings. The van der Waals surface area contributed by atoms with E-state index in [9.17, 15) is 4.79 Å². The van der Waals surface area contributed by atoms with Gasteiger partial charge >= 0.3 is 5.97 Å². The predicted octanol–water partition coefficient (Wildman–Crippen LogP) is 2.49. The molecular formula is C17H18N2O2. The number of piperidine rings is 3. The van der Waals surface area contributed by atoms with Crippen LogP contribution in [0.2, 0.25) is 0 Å². The van der Waals surface area contributed by atoms with E-state index in [4.69, 9.17) is 4.74 Å². The van der Waals surface area contributed by atoms with Crippen molar-refractivity contribution in [3.05, 3.63) is 42.2 Å². The summed E-state index contributed by atoms with van der Waals surface area (Å²) in [6.45, 7) is 3.16. The number of carbonyl (C=O) groups is 1. The minimum atomic E-state index is -0.287. The number of hydrogen-bond acceptors (Lipinski definition) is 4. The molecule has 0 aliphatic carbocycles. The molecule has 0 spiro atoms. The van der Waals surface area contributed by atoms with Gasteiger partial charge in [0.2, 0.25) is 0 Å². The fourth-order valence-corrected chi connectivity index (χ4v) is 3.52. The van der Waals surface area contributed by atoms with Gasteiger partial charge in [0.05, 0.1) is 0 Å². The monoisotopic (exact) mass is 282 g/mol. The molecular weight excluding hydrogens is 264 g/mol. The molecule has 2 aromatic rings. The molecule has 2 bridgehead atoms. The van der Waals surface area contributed by atoms with Crippen molar-refractivity contribution in [3.8, 4) is 0 Å². The zero-order chi connectivity index (χ0) is 14.2. The summed E-state index contributed by atoms with van der Waals surface area (Å²) < 4.78 is 5.78. The first-order chi connectivity index (χ1) is 10.3.